The van der Waals surface area contributed by atoms with Crippen molar-refractivity contribution in [3.63, 3.8) is 0 Å². The van der Waals surface area contributed by atoms with Crippen LogP contribution in [-0.2, 0) is 6.54 Å². The van der Waals surface area contributed by atoms with Gasteiger partial charge < -0.3 is 5.32 Å². The molecule has 3 heterocycles. The Morgan fingerprint density at radius 1 is 1.33 bits per heavy atom. The van der Waals surface area contributed by atoms with Crippen LogP contribution in [0.1, 0.15) is 4.88 Å². The molecule has 0 radical (unpaired) electrons. The predicted molar refractivity (Wildman–Crippen MR) is 68.9 cm³/mol. The lowest BCUT2D eigenvalue weighted by Gasteiger charge is -2.06. The second kappa shape index (κ2) is 4.55. The van der Waals surface area contributed by atoms with E-state index in [9.17, 15) is 0 Å². The highest BCUT2D eigenvalue weighted by atomic mass is 32.1. The number of aromatic amines is 1. The summed E-state index contributed by atoms with van der Waals surface area (Å²) >= 11 is 1.58. The molecule has 0 saturated carbocycles. The minimum atomic E-state index is 0.332. The number of rotatable bonds is 4. The Morgan fingerprint density at radius 2 is 2.28 bits per heavy atom. The molecule has 3 rings (SSSR count). The lowest BCUT2D eigenvalue weighted by Crippen LogP contribution is -2.12. The van der Waals surface area contributed by atoms with Crippen LogP contribution in [0, 0.1) is 0 Å². The van der Waals surface area contributed by atoms with E-state index in [1.165, 1.54) is 0 Å². The number of hydrazine groups is 1. The fourth-order valence-corrected chi connectivity index (χ4v) is 2.07. The van der Waals surface area contributed by atoms with Gasteiger partial charge in [0.05, 0.1) is 23.6 Å². The molecule has 0 aliphatic carbocycles. The van der Waals surface area contributed by atoms with Gasteiger partial charge in [0, 0.05) is 11.1 Å². The van der Waals surface area contributed by atoms with Crippen molar-refractivity contribution in [1.29, 1.82) is 0 Å². The van der Waals surface area contributed by atoms with Crippen molar-refractivity contribution in [3.8, 4) is 0 Å². The molecular formula is C9H10N8S. The molecular weight excluding hydrogens is 252 g/mol. The van der Waals surface area contributed by atoms with E-state index in [0.717, 1.165) is 10.3 Å². The molecule has 9 heteroatoms. The Balaban J connectivity index is 1.92. The van der Waals surface area contributed by atoms with E-state index in [4.69, 9.17) is 5.84 Å². The van der Waals surface area contributed by atoms with Crippen molar-refractivity contribution in [2.45, 2.75) is 6.54 Å². The number of nitrogens with two attached hydrogens (primary N) is 1. The number of hydrogen-bond acceptors (Lipinski definition) is 8. The van der Waals surface area contributed by atoms with Crippen molar-refractivity contribution in [2.24, 2.45) is 5.84 Å². The molecule has 0 spiro atoms. The number of hydrogen-bond donors (Lipinski definition) is 4. The van der Waals surface area contributed by atoms with Gasteiger partial charge in [-0.1, -0.05) is 0 Å². The van der Waals surface area contributed by atoms with Gasteiger partial charge in [0.1, 0.15) is 5.82 Å². The number of H-pyrrole nitrogens is 1. The van der Waals surface area contributed by atoms with E-state index in [1.807, 2.05) is 6.20 Å². The highest BCUT2D eigenvalue weighted by Gasteiger charge is 2.08. The standard InChI is InChI=1S/C9H10N8S/c10-16-9-14-7(6-3-13-17-8(6)15-9)12-2-5-1-11-4-18-5/h1,3-4H,2,10H2,(H3,12,13,14,15,16,17). The summed E-state index contributed by atoms with van der Waals surface area (Å²) in [4.78, 5) is 13.5. The van der Waals surface area contributed by atoms with Gasteiger partial charge in [-0.2, -0.15) is 15.1 Å². The summed E-state index contributed by atoms with van der Waals surface area (Å²) < 4.78 is 0. The monoisotopic (exact) mass is 262 g/mol. The number of nitrogens with zero attached hydrogens (tertiary/aromatic N) is 4. The van der Waals surface area contributed by atoms with Crippen molar-refractivity contribution in [3.05, 3.63) is 22.8 Å². The third kappa shape index (κ3) is 1.96. The van der Waals surface area contributed by atoms with Crippen LogP contribution in [0.5, 0.6) is 0 Å². The fourth-order valence-electron chi connectivity index (χ4n) is 1.53. The smallest absolute Gasteiger partial charge is 0.241 e. The van der Waals surface area contributed by atoms with Crippen LogP contribution >= 0.6 is 11.3 Å². The number of thiazole rings is 1. The van der Waals surface area contributed by atoms with Gasteiger partial charge in [-0.3, -0.25) is 15.5 Å². The van der Waals surface area contributed by atoms with Crippen molar-refractivity contribution in [1.82, 2.24) is 25.1 Å². The van der Waals surface area contributed by atoms with Crippen molar-refractivity contribution in [2.75, 3.05) is 10.7 Å². The van der Waals surface area contributed by atoms with Crippen LogP contribution in [0.2, 0.25) is 0 Å². The zero-order valence-corrected chi connectivity index (χ0v) is 10.0. The molecule has 0 aliphatic rings. The molecule has 0 fully saturated rings. The zero-order chi connectivity index (χ0) is 12.4. The normalized spacial score (nSPS) is 10.7. The second-order valence-corrected chi connectivity index (χ2v) is 4.46. The molecule has 0 amide bonds. The Labute approximate surface area is 106 Å². The predicted octanol–water partition coefficient (Wildman–Crippen LogP) is 0.707. The summed E-state index contributed by atoms with van der Waals surface area (Å²) in [7, 11) is 0. The van der Waals surface area contributed by atoms with Crippen molar-refractivity contribution < 1.29 is 0 Å². The van der Waals surface area contributed by atoms with Gasteiger partial charge in [-0.25, -0.2) is 5.84 Å². The molecule has 18 heavy (non-hydrogen) atoms. The highest BCUT2D eigenvalue weighted by Crippen LogP contribution is 2.20. The van der Waals surface area contributed by atoms with E-state index in [0.29, 0.717) is 24.0 Å². The summed E-state index contributed by atoms with van der Waals surface area (Å²) in [6.07, 6.45) is 3.48. The van der Waals surface area contributed by atoms with Crippen molar-refractivity contribution >= 4 is 34.1 Å². The minimum Gasteiger partial charge on any atom is -0.364 e. The van der Waals surface area contributed by atoms with Gasteiger partial charge in [0.2, 0.25) is 5.95 Å². The third-order valence-electron chi connectivity index (χ3n) is 2.35. The average Bonchev–Trinajstić information content (AvgIpc) is 3.06. The number of nitrogens with one attached hydrogen (secondary N) is 3. The second-order valence-electron chi connectivity index (χ2n) is 3.49. The molecule has 3 aromatic heterocycles. The first-order valence-corrected chi connectivity index (χ1v) is 6.04. The molecule has 0 aliphatic heterocycles. The van der Waals surface area contributed by atoms with E-state index in [-0.39, 0.29) is 0 Å². The number of nitrogen functional groups attached to an aromatic ring is 1. The molecule has 0 atom stereocenters. The topological polar surface area (TPSA) is 117 Å². The zero-order valence-electron chi connectivity index (χ0n) is 9.21. The summed E-state index contributed by atoms with van der Waals surface area (Å²) in [6, 6.07) is 0. The molecule has 5 N–H and O–H groups in total. The molecule has 0 aromatic carbocycles. The Morgan fingerprint density at radius 3 is 3.06 bits per heavy atom. The lowest BCUT2D eigenvalue weighted by molar-refractivity contribution is 1.07. The third-order valence-corrected chi connectivity index (χ3v) is 3.13. The first-order valence-electron chi connectivity index (χ1n) is 5.16. The highest BCUT2D eigenvalue weighted by molar-refractivity contribution is 7.09. The van der Waals surface area contributed by atoms with Gasteiger partial charge in [0.15, 0.2) is 5.65 Å². The van der Waals surface area contributed by atoms with Crippen LogP contribution < -0.4 is 16.6 Å². The fraction of sp³-hybridized carbons (Fsp3) is 0.111. The molecule has 0 unspecified atom stereocenters. The average molecular weight is 262 g/mol. The van der Waals surface area contributed by atoms with E-state index in [1.54, 1.807) is 23.0 Å². The number of aromatic nitrogens is 5. The van der Waals surface area contributed by atoms with Crippen LogP contribution in [0.25, 0.3) is 11.0 Å². The molecule has 92 valence electrons. The summed E-state index contributed by atoms with van der Waals surface area (Å²) in [6.45, 7) is 0.645. The summed E-state index contributed by atoms with van der Waals surface area (Å²) in [5.41, 5.74) is 4.84. The lowest BCUT2D eigenvalue weighted by atomic mass is 10.4. The first-order chi connectivity index (χ1) is 8.86. The van der Waals surface area contributed by atoms with Crippen LogP contribution in [0.4, 0.5) is 11.8 Å². The molecule has 0 saturated heterocycles. The molecule has 0 bridgehead atoms. The maximum Gasteiger partial charge on any atom is 0.241 e. The van der Waals surface area contributed by atoms with Crippen LogP contribution in [0.15, 0.2) is 17.9 Å². The largest absolute Gasteiger partial charge is 0.364 e. The molecule has 8 nitrogen and oxygen atoms in total. The Kier molecular flexibility index (Phi) is 2.74. The van der Waals surface area contributed by atoms with E-state index in [2.05, 4.69) is 35.9 Å². The Hall–Kier alpha value is -2.26. The quantitative estimate of drug-likeness (QED) is 0.404. The summed E-state index contributed by atoms with van der Waals surface area (Å²) in [5, 5.41) is 10.8. The van der Waals surface area contributed by atoms with Gasteiger partial charge in [-0.05, 0) is 0 Å². The summed E-state index contributed by atoms with van der Waals surface area (Å²) in [5.74, 6) is 6.33. The SMILES string of the molecule is NNc1nc(NCc2cncs2)c2cn[nH]c2n1. The maximum absolute atomic E-state index is 5.32. The van der Waals surface area contributed by atoms with E-state index >= 15 is 0 Å². The van der Waals surface area contributed by atoms with Gasteiger partial charge in [-0.15, -0.1) is 11.3 Å². The first kappa shape index (κ1) is 10.9. The minimum absolute atomic E-state index is 0.332. The number of anilines is 2. The van der Waals surface area contributed by atoms with Crippen LogP contribution in [0.3, 0.4) is 0 Å². The maximum atomic E-state index is 5.32. The molecule has 3 aromatic rings. The van der Waals surface area contributed by atoms with E-state index < -0.39 is 0 Å². The number of fused-ring (bicyclic) bond motifs is 1. The van der Waals surface area contributed by atoms with Gasteiger partial charge in [0.25, 0.3) is 0 Å². The van der Waals surface area contributed by atoms with Gasteiger partial charge >= 0.3 is 0 Å². The Bertz CT molecular complexity index is 646. The van der Waals surface area contributed by atoms with Crippen LogP contribution in [-0.4, -0.2) is 25.1 Å².